The van der Waals surface area contributed by atoms with Crippen molar-refractivity contribution in [1.82, 2.24) is 9.62 Å². The van der Waals surface area contributed by atoms with Crippen molar-refractivity contribution in [1.29, 1.82) is 0 Å². The van der Waals surface area contributed by atoms with Gasteiger partial charge in [-0.05, 0) is 24.2 Å². The van der Waals surface area contributed by atoms with Gasteiger partial charge in [-0.25, -0.2) is 8.42 Å². The lowest BCUT2D eigenvalue weighted by atomic mass is 10.2. The number of terminal acetylenes is 1. The Hall–Kier alpha value is -1.55. The van der Waals surface area contributed by atoms with E-state index in [1.807, 2.05) is 13.0 Å². The fourth-order valence-electron chi connectivity index (χ4n) is 1.68. The SMILES string of the molecule is C#CCN(C)S(=O)(=O)c1cc(CNCC)ccc1OC. The van der Waals surface area contributed by atoms with Gasteiger partial charge in [0.1, 0.15) is 10.6 Å². The minimum atomic E-state index is -3.65. The number of hydrogen-bond acceptors (Lipinski definition) is 4. The molecule has 0 aliphatic rings. The molecule has 1 rings (SSSR count). The first-order valence-electron chi connectivity index (χ1n) is 6.24. The molecule has 0 aromatic heterocycles. The molecule has 0 amide bonds. The summed E-state index contributed by atoms with van der Waals surface area (Å²) >= 11 is 0. The Morgan fingerprint density at radius 1 is 1.45 bits per heavy atom. The normalized spacial score (nSPS) is 11.3. The average molecular weight is 296 g/mol. The molecule has 0 heterocycles. The van der Waals surface area contributed by atoms with Crippen LogP contribution >= 0.6 is 0 Å². The third-order valence-corrected chi connectivity index (χ3v) is 4.63. The summed E-state index contributed by atoms with van der Waals surface area (Å²) in [6, 6.07) is 5.11. The Morgan fingerprint density at radius 3 is 2.70 bits per heavy atom. The minimum absolute atomic E-state index is 0.0168. The zero-order valence-corrected chi connectivity index (χ0v) is 12.8. The van der Waals surface area contributed by atoms with Gasteiger partial charge in [0, 0.05) is 13.6 Å². The van der Waals surface area contributed by atoms with Crippen LogP contribution in [0, 0.1) is 12.3 Å². The summed E-state index contributed by atoms with van der Waals surface area (Å²) < 4.78 is 31.2. The van der Waals surface area contributed by atoms with Crippen LogP contribution in [0.3, 0.4) is 0 Å². The van der Waals surface area contributed by atoms with Gasteiger partial charge in [-0.1, -0.05) is 18.9 Å². The second-order valence-corrected chi connectivity index (χ2v) is 6.24. The molecule has 0 bridgehead atoms. The lowest BCUT2D eigenvalue weighted by Crippen LogP contribution is -2.27. The van der Waals surface area contributed by atoms with Crippen LogP contribution in [0.1, 0.15) is 12.5 Å². The number of benzene rings is 1. The number of methoxy groups -OCH3 is 1. The molecule has 0 fully saturated rings. The van der Waals surface area contributed by atoms with E-state index in [1.54, 1.807) is 12.1 Å². The maximum absolute atomic E-state index is 12.5. The first kappa shape index (κ1) is 16.5. The van der Waals surface area contributed by atoms with Crippen LogP contribution in [0.2, 0.25) is 0 Å². The second-order valence-electron chi connectivity index (χ2n) is 4.23. The molecule has 0 radical (unpaired) electrons. The quantitative estimate of drug-likeness (QED) is 0.764. The lowest BCUT2D eigenvalue weighted by Gasteiger charge is -2.17. The molecule has 0 atom stereocenters. The molecule has 1 N–H and O–H groups in total. The van der Waals surface area contributed by atoms with E-state index in [-0.39, 0.29) is 11.4 Å². The monoisotopic (exact) mass is 296 g/mol. The Balaban J connectivity index is 3.23. The van der Waals surface area contributed by atoms with E-state index in [0.29, 0.717) is 12.3 Å². The molecule has 0 saturated carbocycles. The van der Waals surface area contributed by atoms with Crippen LogP contribution in [0.15, 0.2) is 23.1 Å². The van der Waals surface area contributed by atoms with Crippen molar-refractivity contribution in [2.45, 2.75) is 18.4 Å². The summed E-state index contributed by atoms with van der Waals surface area (Å²) in [4.78, 5) is 0.133. The number of sulfonamides is 1. The standard InChI is InChI=1S/C14H20N2O3S/c1-5-9-16(3)20(17,18)14-10-12(11-15-6-2)7-8-13(14)19-4/h1,7-8,10,15H,6,9,11H2,2-4H3. The fourth-order valence-corrected chi connectivity index (χ4v) is 2.97. The van der Waals surface area contributed by atoms with Crippen LogP contribution in [0.4, 0.5) is 0 Å². The minimum Gasteiger partial charge on any atom is -0.495 e. The maximum Gasteiger partial charge on any atom is 0.247 e. The summed E-state index contributed by atoms with van der Waals surface area (Å²) in [5.74, 6) is 2.64. The smallest absolute Gasteiger partial charge is 0.247 e. The van der Waals surface area contributed by atoms with Crippen molar-refractivity contribution in [3.05, 3.63) is 23.8 Å². The van der Waals surface area contributed by atoms with Crippen LogP contribution in [0.25, 0.3) is 0 Å². The predicted octanol–water partition coefficient (Wildman–Crippen LogP) is 1.06. The predicted molar refractivity (Wildman–Crippen MR) is 79.0 cm³/mol. The molecule has 0 aliphatic heterocycles. The summed E-state index contributed by atoms with van der Waals surface area (Å²) in [6.07, 6.45) is 5.17. The van der Waals surface area contributed by atoms with Crippen LogP contribution < -0.4 is 10.1 Å². The van der Waals surface area contributed by atoms with Gasteiger partial charge in [0.25, 0.3) is 0 Å². The Bertz CT molecular complexity index is 591. The van der Waals surface area contributed by atoms with Crippen molar-refractivity contribution in [2.75, 3.05) is 27.2 Å². The molecule has 0 saturated heterocycles. The van der Waals surface area contributed by atoms with Gasteiger partial charge < -0.3 is 10.1 Å². The van der Waals surface area contributed by atoms with Crippen LogP contribution in [-0.2, 0) is 16.6 Å². The summed E-state index contributed by atoms with van der Waals surface area (Å²) in [5.41, 5.74) is 0.875. The summed E-state index contributed by atoms with van der Waals surface area (Å²) in [6.45, 7) is 3.41. The number of rotatable bonds is 7. The molecule has 110 valence electrons. The number of ether oxygens (including phenoxy) is 1. The first-order chi connectivity index (χ1) is 9.47. The molecule has 0 spiro atoms. The van der Waals surface area contributed by atoms with E-state index in [1.165, 1.54) is 14.2 Å². The van der Waals surface area contributed by atoms with E-state index in [9.17, 15) is 8.42 Å². The lowest BCUT2D eigenvalue weighted by molar-refractivity contribution is 0.399. The van der Waals surface area contributed by atoms with Gasteiger partial charge in [-0.2, -0.15) is 4.31 Å². The van der Waals surface area contributed by atoms with Crippen LogP contribution in [0.5, 0.6) is 5.75 Å². The van der Waals surface area contributed by atoms with Crippen molar-refractivity contribution >= 4 is 10.0 Å². The highest BCUT2D eigenvalue weighted by Gasteiger charge is 2.24. The first-order valence-corrected chi connectivity index (χ1v) is 7.68. The molecule has 20 heavy (non-hydrogen) atoms. The molecule has 0 unspecified atom stereocenters. The molecular formula is C14H20N2O3S. The topological polar surface area (TPSA) is 58.6 Å². The third-order valence-electron chi connectivity index (χ3n) is 2.81. The largest absolute Gasteiger partial charge is 0.495 e. The summed E-state index contributed by atoms with van der Waals surface area (Å²) in [7, 11) is -0.759. The van der Waals surface area contributed by atoms with E-state index < -0.39 is 10.0 Å². The van der Waals surface area contributed by atoms with E-state index in [4.69, 9.17) is 11.2 Å². The van der Waals surface area contributed by atoms with E-state index in [2.05, 4.69) is 11.2 Å². The van der Waals surface area contributed by atoms with Crippen molar-refractivity contribution < 1.29 is 13.2 Å². The Morgan fingerprint density at radius 2 is 2.15 bits per heavy atom. The van der Waals surface area contributed by atoms with E-state index in [0.717, 1.165) is 16.4 Å². The van der Waals surface area contributed by atoms with Gasteiger partial charge in [0.05, 0.1) is 13.7 Å². The highest BCUT2D eigenvalue weighted by atomic mass is 32.2. The van der Waals surface area contributed by atoms with Gasteiger partial charge >= 0.3 is 0 Å². The third kappa shape index (κ3) is 3.73. The second kappa shape index (κ2) is 7.29. The molecular weight excluding hydrogens is 276 g/mol. The number of hydrogen-bond donors (Lipinski definition) is 1. The average Bonchev–Trinajstić information content (AvgIpc) is 2.45. The van der Waals surface area contributed by atoms with Crippen molar-refractivity contribution in [3.8, 4) is 18.1 Å². The summed E-state index contributed by atoms with van der Waals surface area (Å²) in [5, 5.41) is 3.15. The molecule has 1 aromatic rings. The zero-order chi connectivity index (χ0) is 15.2. The van der Waals surface area contributed by atoms with Gasteiger partial charge in [-0.15, -0.1) is 6.42 Å². The molecule has 0 aliphatic carbocycles. The fraction of sp³-hybridized carbons (Fsp3) is 0.429. The number of nitrogens with zero attached hydrogens (tertiary/aromatic N) is 1. The van der Waals surface area contributed by atoms with E-state index >= 15 is 0 Å². The highest BCUT2D eigenvalue weighted by molar-refractivity contribution is 7.89. The van der Waals surface area contributed by atoms with Crippen molar-refractivity contribution in [3.63, 3.8) is 0 Å². The Kier molecular flexibility index (Phi) is 6.02. The molecule has 6 heteroatoms. The highest BCUT2D eigenvalue weighted by Crippen LogP contribution is 2.27. The molecule has 1 aromatic carbocycles. The van der Waals surface area contributed by atoms with Gasteiger partial charge in [0.15, 0.2) is 0 Å². The molecule has 5 nitrogen and oxygen atoms in total. The van der Waals surface area contributed by atoms with Gasteiger partial charge in [0.2, 0.25) is 10.0 Å². The van der Waals surface area contributed by atoms with Crippen molar-refractivity contribution in [2.24, 2.45) is 0 Å². The zero-order valence-electron chi connectivity index (χ0n) is 12.0. The maximum atomic E-state index is 12.5. The van der Waals surface area contributed by atoms with Crippen LogP contribution in [-0.4, -0.2) is 40.0 Å². The Labute approximate surface area is 121 Å². The van der Waals surface area contributed by atoms with Gasteiger partial charge in [-0.3, -0.25) is 0 Å². The number of nitrogens with one attached hydrogen (secondary N) is 1.